The zero-order valence-electron chi connectivity index (χ0n) is 1.82. The number of hydrogen-bond acceptors (Lipinski definition) is 2. The van der Waals surface area contributed by atoms with Crippen LogP contribution in [0, 0.1) is 0 Å². The van der Waals surface area contributed by atoms with Gasteiger partial charge in [-0.3, -0.25) is 0 Å². The molecule has 4 heteroatoms. The van der Waals surface area contributed by atoms with Crippen LogP contribution in [0.2, 0.25) is 0 Å². The van der Waals surface area contributed by atoms with Gasteiger partial charge in [-0.15, -0.1) is 12.4 Å². The Morgan fingerprint density at radius 3 is 0.750 bits per heavy atom. The molecule has 0 saturated heterocycles. The predicted molar refractivity (Wildman–Crippen MR) is 28.6 cm³/mol. The summed E-state index contributed by atoms with van der Waals surface area (Å²) in [6.07, 6.45) is 0. The summed E-state index contributed by atoms with van der Waals surface area (Å²) in [7, 11) is 0. The Morgan fingerprint density at radius 1 is 0.750 bits per heavy atom. The summed E-state index contributed by atoms with van der Waals surface area (Å²) in [5.74, 6) is 0. The molecule has 0 unspecified atom stereocenters. The van der Waals surface area contributed by atoms with Gasteiger partial charge >= 0.3 is 0 Å². The van der Waals surface area contributed by atoms with Crippen molar-refractivity contribution in [2.75, 3.05) is 0 Å². The summed E-state index contributed by atoms with van der Waals surface area (Å²) < 4.78 is 0. The minimum absolute atomic E-state index is 0. The van der Waals surface area contributed by atoms with Crippen LogP contribution in [0.15, 0.2) is 0 Å². The number of halogens is 1. The van der Waals surface area contributed by atoms with E-state index in [2.05, 4.69) is 0 Å². The summed E-state index contributed by atoms with van der Waals surface area (Å²) in [4.78, 5) is 0. The summed E-state index contributed by atoms with van der Waals surface area (Å²) >= 11 is 0. The van der Waals surface area contributed by atoms with Gasteiger partial charge in [-0.05, 0) is 11.0 Å². The van der Waals surface area contributed by atoms with Crippen LogP contribution >= 0.6 is 12.4 Å². The van der Waals surface area contributed by atoms with Crippen molar-refractivity contribution >= 4 is 23.4 Å². The Hall–Kier alpha value is 0.427. The largest absolute Gasteiger partial charge is 0.344 e. The summed E-state index contributed by atoms with van der Waals surface area (Å²) in [6.45, 7) is 0. The van der Waals surface area contributed by atoms with Crippen molar-refractivity contribution in [1.82, 2.24) is 12.3 Å². The monoisotopic (exact) mass is 102 g/mol. The quantitative estimate of drug-likeness (QED) is 0.397. The maximum atomic E-state index is 0. The maximum absolute atomic E-state index is 0. The first-order valence-corrected chi connectivity index (χ1v) is 0. The van der Waals surface area contributed by atoms with Crippen LogP contribution in [0.3, 0.4) is 0 Å². The SMILES string of the molecule is Cl.N.N.[SiH4]. The maximum Gasteiger partial charge on any atom is -0.0149 e. The highest BCUT2D eigenvalue weighted by molar-refractivity contribution is 5.85. The van der Waals surface area contributed by atoms with E-state index in [1.807, 2.05) is 0 Å². The molecule has 0 aromatic carbocycles. The second-order valence-electron chi connectivity index (χ2n) is 0. The molecule has 0 amide bonds. The standard InChI is InChI=1S/ClH.2H3N.H4Si/h1H;2*1H3;1H4. The summed E-state index contributed by atoms with van der Waals surface area (Å²) in [6, 6.07) is 0. The lowest BCUT2D eigenvalue weighted by molar-refractivity contribution is 2.13. The molecule has 0 heterocycles. The van der Waals surface area contributed by atoms with Crippen LogP contribution in [0.5, 0.6) is 0 Å². The van der Waals surface area contributed by atoms with Crippen LogP contribution in [0.25, 0.3) is 0 Å². The van der Waals surface area contributed by atoms with Crippen molar-refractivity contribution < 1.29 is 0 Å². The van der Waals surface area contributed by atoms with Gasteiger partial charge in [-0.2, -0.15) is 0 Å². The fraction of sp³-hybridized carbons (Fsp3) is 0. The molecule has 0 radical (unpaired) electrons. The van der Waals surface area contributed by atoms with Crippen LogP contribution in [0.1, 0.15) is 0 Å². The molecule has 0 aliphatic rings. The van der Waals surface area contributed by atoms with E-state index in [4.69, 9.17) is 0 Å². The van der Waals surface area contributed by atoms with Crippen molar-refractivity contribution in [3.63, 3.8) is 0 Å². The molecule has 4 heavy (non-hydrogen) atoms. The van der Waals surface area contributed by atoms with Gasteiger partial charge < -0.3 is 12.3 Å². The highest BCUT2D eigenvalue weighted by atomic mass is 35.5. The number of rotatable bonds is 0. The fourth-order valence-electron chi connectivity index (χ4n) is 0. The lowest BCUT2D eigenvalue weighted by atomic mass is 14.0. The van der Waals surface area contributed by atoms with E-state index >= 15 is 0 Å². The van der Waals surface area contributed by atoms with E-state index in [0.29, 0.717) is 0 Å². The minimum Gasteiger partial charge on any atom is -0.344 e. The van der Waals surface area contributed by atoms with Crippen molar-refractivity contribution in [3.8, 4) is 0 Å². The van der Waals surface area contributed by atoms with Gasteiger partial charge in [0.05, 0.1) is 0 Å². The third-order valence-corrected chi connectivity index (χ3v) is 0. The zero-order valence-corrected chi connectivity index (χ0v) is 2.64. The first kappa shape index (κ1) is 285. The van der Waals surface area contributed by atoms with Crippen molar-refractivity contribution in [3.05, 3.63) is 0 Å². The average molecular weight is 103 g/mol. The highest BCUT2D eigenvalue weighted by Crippen LogP contribution is 0.690. The molecule has 0 fully saturated rings. The molecule has 0 bridgehead atoms. The highest BCUT2D eigenvalue weighted by Gasteiger charge is -0.0148. The Morgan fingerprint density at radius 2 is 0.750 bits per heavy atom. The first-order chi connectivity index (χ1) is 0. The summed E-state index contributed by atoms with van der Waals surface area (Å²) in [5, 5.41) is 0. The van der Waals surface area contributed by atoms with E-state index in [1.165, 1.54) is 0 Å². The second kappa shape index (κ2) is 111. The molecule has 0 atom stereocenters. The Balaban J connectivity index is 0. The molecule has 6 N–H and O–H groups in total. The Kier molecular flexibility index (Phi) is 7900. The summed E-state index contributed by atoms with van der Waals surface area (Å²) in [5.41, 5.74) is 0. The van der Waals surface area contributed by atoms with Gasteiger partial charge in [-0.1, -0.05) is 0 Å². The van der Waals surface area contributed by atoms with Gasteiger partial charge in [0.2, 0.25) is 0 Å². The third-order valence-electron chi connectivity index (χ3n) is 0. The fourth-order valence-corrected chi connectivity index (χ4v) is 0. The van der Waals surface area contributed by atoms with E-state index in [1.54, 1.807) is 0 Å². The molecular weight excluding hydrogens is 91.6 g/mol. The van der Waals surface area contributed by atoms with Gasteiger partial charge in [0, 0.05) is 0 Å². The van der Waals surface area contributed by atoms with Crippen LogP contribution in [0.4, 0.5) is 0 Å². The second-order valence-corrected chi connectivity index (χ2v) is 0. The molecule has 0 aliphatic heterocycles. The van der Waals surface area contributed by atoms with Gasteiger partial charge in [-0.25, -0.2) is 0 Å². The average Bonchev–Trinajstić information content (AvgIpc) is 0. The van der Waals surface area contributed by atoms with Crippen molar-refractivity contribution in [1.29, 1.82) is 0 Å². The van der Waals surface area contributed by atoms with Crippen LogP contribution in [-0.4, -0.2) is 11.0 Å². The normalized spacial score (nSPS) is 0. The van der Waals surface area contributed by atoms with Crippen molar-refractivity contribution in [2.45, 2.75) is 0 Å². The van der Waals surface area contributed by atoms with Crippen LogP contribution in [-0.2, 0) is 0 Å². The van der Waals surface area contributed by atoms with E-state index in [-0.39, 0.29) is 35.7 Å². The van der Waals surface area contributed by atoms with Gasteiger partial charge in [0.25, 0.3) is 0 Å². The molecule has 0 saturated carbocycles. The molecule has 0 aromatic rings. The van der Waals surface area contributed by atoms with Gasteiger partial charge in [0.15, 0.2) is 0 Å². The molecule has 2 nitrogen and oxygen atoms in total. The zero-order chi connectivity index (χ0) is 0. The number of hydrogen-bond donors (Lipinski definition) is 2. The predicted octanol–water partition coefficient (Wildman–Crippen LogP) is -0.706. The van der Waals surface area contributed by atoms with E-state index < -0.39 is 0 Å². The van der Waals surface area contributed by atoms with E-state index in [0.717, 1.165) is 0 Å². The topological polar surface area (TPSA) is 70.0 Å². The Labute approximate surface area is 36.6 Å². The smallest absolute Gasteiger partial charge is 0.0149 e. The van der Waals surface area contributed by atoms with Gasteiger partial charge in [0.1, 0.15) is 0 Å². The molecule has 0 rings (SSSR count). The first-order valence-electron chi connectivity index (χ1n) is 0. The molecule has 0 aromatic heterocycles. The van der Waals surface area contributed by atoms with E-state index in [9.17, 15) is 0 Å². The molecule has 32 valence electrons. The molecule has 0 aliphatic carbocycles. The third kappa shape index (κ3) is 27.1. The lowest BCUT2D eigenvalue weighted by Crippen LogP contribution is -0.482. The molecule has 0 spiro atoms. The minimum atomic E-state index is 0. The van der Waals surface area contributed by atoms with Crippen LogP contribution < -0.4 is 12.3 Å². The molecular formula is H11ClN2Si. The Bertz CT molecular complexity index is 6.00. The van der Waals surface area contributed by atoms with Crippen molar-refractivity contribution in [2.24, 2.45) is 0 Å². The lowest BCUT2D eigenvalue weighted by Gasteiger charge is -0.345.